The van der Waals surface area contributed by atoms with Gasteiger partial charge in [-0.25, -0.2) is 0 Å². The van der Waals surface area contributed by atoms with Crippen LogP contribution in [0.15, 0.2) is 0 Å². The summed E-state index contributed by atoms with van der Waals surface area (Å²) in [5, 5.41) is 9.77. The van der Waals surface area contributed by atoms with Crippen LogP contribution in [-0.2, 0) is 4.79 Å². The first-order valence-electron chi connectivity index (χ1n) is 6.46. The van der Waals surface area contributed by atoms with Crippen LogP contribution in [0, 0.1) is 5.41 Å². The maximum atomic E-state index is 10.9. The van der Waals surface area contributed by atoms with Gasteiger partial charge in [0.25, 0.3) is 0 Å². The fraction of sp³-hybridized carbons (Fsp3) is 0.833. The Balaban J connectivity index is 2.13. The lowest BCUT2D eigenvalue weighted by Gasteiger charge is -2.30. The number of carbonyl (C=O) groups excluding carboxylic acids is 1. The Hall–Kier alpha value is -1.26. The zero-order chi connectivity index (χ0) is 12.5. The summed E-state index contributed by atoms with van der Waals surface area (Å²) in [4.78, 5) is 12.7. The molecule has 4 N–H and O–H groups in total. The van der Waals surface area contributed by atoms with Gasteiger partial charge in [0.1, 0.15) is 0 Å². The van der Waals surface area contributed by atoms with Crippen molar-refractivity contribution in [3.05, 3.63) is 0 Å². The van der Waals surface area contributed by atoms with Gasteiger partial charge in [0.05, 0.1) is 0 Å². The molecule has 0 aromatic carbocycles. The molecular formula is C12H23N4O. The number of rotatable bonds is 7. The van der Waals surface area contributed by atoms with Crippen LogP contribution >= 0.6 is 0 Å². The van der Waals surface area contributed by atoms with Gasteiger partial charge in [-0.05, 0) is 25.7 Å². The summed E-state index contributed by atoms with van der Waals surface area (Å²) in [6.07, 6.45) is 9.94. The van der Waals surface area contributed by atoms with Gasteiger partial charge in [-0.15, -0.1) is 0 Å². The molecule has 0 aromatic heterocycles. The van der Waals surface area contributed by atoms with E-state index in [0.29, 0.717) is 12.6 Å². The van der Waals surface area contributed by atoms with Crippen molar-refractivity contribution in [1.29, 1.82) is 5.41 Å². The molecule has 1 radical (unpaired) electrons. The molecule has 0 aromatic rings. The quantitative estimate of drug-likeness (QED) is 0.268. The summed E-state index contributed by atoms with van der Waals surface area (Å²) in [7, 11) is 0. The van der Waals surface area contributed by atoms with E-state index in [9.17, 15) is 4.79 Å². The second-order valence-corrected chi connectivity index (χ2v) is 4.62. The van der Waals surface area contributed by atoms with Gasteiger partial charge in [0.2, 0.25) is 0 Å². The van der Waals surface area contributed by atoms with Gasteiger partial charge in [0.15, 0.2) is 5.96 Å². The van der Waals surface area contributed by atoms with Crippen molar-refractivity contribution >= 4 is 12.4 Å². The van der Waals surface area contributed by atoms with Crippen molar-refractivity contribution in [3.63, 3.8) is 0 Å². The average Bonchev–Trinajstić information content (AvgIpc) is 2.34. The van der Waals surface area contributed by atoms with Crippen LogP contribution < -0.4 is 11.1 Å². The van der Waals surface area contributed by atoms with Gasteiger partial charge in [0, 0.05) is 19.1 Å². The molecule has 1 amide bonds. The minimum atomic E-state index is 0.0103. The summed E-state index contributed by atoms with van der Waals surface area (Å²) >= 11 is 0. The molecule has 0 saturated heterocycles. The van der Waals surface area contributed by atoms with E-state index < -0.39 is 0 Å². The lowest BCUT2D eigenvalue weighted by Crippen LogP contribution is -2.37. The SMILES string of the molecule is N=C(N)NCCCCN([C]=O)C1CCCCC1. The Morgan fingerprint density at radius 3 is 2.65 bits per heavy atom. The van der Waals surface area contributed by atoms with Crippen LogP contribution in [0.2, 0.25) is 0 Å². The van der Waals surface area contributed by atoms with Crippen LogP contribution in [0.1, 0.15) is 44.9 Å². The molecule has 1 fully saturated rings. The van der Waals surface area contributed by atoms with Crippen LogP contribution in [0.25, 0.3) is 0 Å². The third-order valence-electron chi connectivity index (χ3n) is 3.27. The zero-order valence-electron chi connectivity index (χ0n) is 10.4. The first-order valence-corrected chi connectivity index (χ1v) is 6.46. The van der Waals surface area contributed by atoms with Gasteiger partial charge in [-0.1, -0.05) is 19.3 Å². The monoisotopic (exact) mass is 239 g/mol. The van der Waals surface area contributed by atoms with E-state index in [0.717, 1.165) is 32.2 Å². The van der Waals surface area contributed by atoms with Crippen molar-refractivity contribution in [1.82, 2.24) is 10.2 Å². The van der Waals surface area contributed by atoms with E-state index in [1.807, 2.05) is 4.90 Å². The van der Waals surface area contributed by atoms with Crippen molar-refractivity contribution in [2.24, 2.45) is 5.73 Å². The molecule has 1 aliphatic carbocycles. The number of guanidine groups is 1. The van der Waals surface area contributed by atoms with E-state index in [2.05, 4.69) is 11.7 Å². The second kappa shape index (κ2) is 7.92. The highest BCUT2D eigenvalue weighted by Gasteiger charge is 2.19. The van der Waals surface area contributed by atoms with Crippen molar-refractivity contribution in [3.8, 4) is 0 Å². The first-order chi connectivity index (χ1) is 8.24. The molecule has 17 heavy (non-hydrogen) atoms. The normalized spacial score (nSPS) is 16.5. The van der Waals surface area contributed by atoms with Crippen molar-refractivity contribution < 1.29 is 4.79 Å². The average molecular weight is 239 g/mol. The molecular weight excluding hydrogens is 216 g/mol. The number of amides is 1. The second-order valence-electron chi connectivity index (χ2n) is 4.62. The molecule has 97 valence electrons. The Bertz CT molecular complexity index is 239. The smallest absolute Gasteiger partial charge is 0.312 e. The van der Waals surface area contributed by atoms with Crippen LogP contribution in [0.5, 0.6) is 0 Å². The highest BCUT2D eigenvalue weighted by Crippen LogP contribution is 2.21. The minimum absolute atomic E-state index is 0.0103. The van der Waals surface area contributed by atoms with Gasteiger partial charge >= 0.3 is 6.41 Å². The number of nitrogens with zero attached hydrogens (tertiary/aromatic N) is 1. The molecule has 0 aliphatic heterocycles. The topological polar surface area (TPSA) is 82.2 Å². The maximum absolute atomic E-state index is 10.9. The molecule has 0 heterocycles. The molecule has 0 unspecified atom stereocenters. The van der Waals surface area contributed by atoms with E-state index in [-0.39, 0.29) is 5.96 Å². The molecule has 1 rings (SSSR count). The van der Waals surface area contributed by atoms with Gasteiger partial charge < -0.3 is 16.0 Å². The molecule has 0 bridgehead atoms. The Morgan fingerprint density at radius 1 is 1.35 bits per heavy atom. The number of hydrogen-bond donors (Lipinski definition) is 3. The third-order valence-corrected chi connectivity index (χ3v) is 3.27. The molecule has 1 saturated carbocycles. The van der Waals surface area contributed by atoms with E-state index in [4.69, 9.17) is 11.1 Å². The highest BCUT2D eigenvalue weighted by atomic mass is 16.1. The van der Waals surface area contributed by atoms with Crippen LogP contribution in [0.3, 0.4) is 0 Å². The Kier molecular flexibility index (Phi) is 6.43. The van der Waals surface area contributed by atoms with E-state index in [1.54, 1.807) is 0 Å². The Labute approximate surface area is 103 Å². The minimum Gasteiger partial charge on any atom is -0.370 e. The number of nitrogens with two attached hydrogens (primary N) is 1. The maximum Gasteiger partial charge on any atom is 0.312 e. The fourth-order valence-corrected chi connectivity index (χ4v) is 2.33. The summed E-state index contributed by atoms with van der Waals surface area (Å²) in [6.45, 7) is 1.47. The van der Waals surface area contributed by atoms with Crippen molar-refractivity contribution in [2.45, 2.75) is 51.0 Å². The predicted octanol–water partition coefficient (Wildman–Crippen LogP) is 0.952. The summed E-state index contributed by atoms with van der Waals surface area (Å²) in [6, 6.07) is 0.405. The summed E-state index contributed by atoms with van der Waals surface area (Å²) in [5.74, 6) is 0.0103. The molecule has 5 nitrogen and oxygen atoms in total. The summed E-state index contributed by atoms with van der Waals surface area (Å²) < 4.78 is 0. The van der Waals surface area contributed by atoms with Crippen LogP contribution in [-0.4, -0.2) is 36.4 Å². The number of hydrogen-bond acceptors (Lipinski definition) is 2. The van der Waals surface area contributed by atoms with E-state index in [1.165, 1.54) is 19.3 Å². The third kappa shape index (κ3) is 5.56. The van der Waals surface area contributed by atoms with Crippen LogP contribution in [0.4, 0.5) is 0 Å². The number of unbranched alkanes of at least 4 members (excludes halogenated alkanes) is 1. The summed E-state index contributed by atoms with van der Waals surface area (Å²) in [5.41, 5.74) is 5.18. The fourth-order valence-electron chi connectivity index (χ4n) is 2.33. The largest absolute Gasteiger partial charge is 0.370 e. The molecule has 5 heteroatoms. The highest BCUT2D eigenvalue weighted by molar-refractivity contribution is 5.74. The standard InChI is InChI=1S/C12H23N4O/c13-12(14)15-8-4-5-9-16(10-17)11-6-2-1-3-7-11/h11H,1-9H2,(H4,13,14,15). The Morgan fingerprint density at radius 2 is 2.06 bits per heavy atom. The lowest BCUT2D eigenvalue weighted by molar-refractivity contribution is 0.231. The zero-order valence-corrected chi connectivity index (χ0v) is 10.4. The lowest BCUT2D eigenvalue weighted by atomic mass is 9.94. The van der Waals surface area contributed by atoms with Crippen molar-refractivity contribution in [2.75, 3.05) is 13.1 Å². The van der Waals surface area contributed by atoms with Gasteiger partial charge in [-0.3, -0.25) is 10.2 Å². The van der Waals surface area contributed by atoms with Gasteiger partial charge in [-0.2, -0.15) is 0 Å². The first kappa shape index (κ1) is 13.8. The van der Waals surface area contributed by atoms with E-state index >= 15 is 0 Å². The predicted molar refractivity (Wildman–Crippen MR) is 68.4 cm³/mol. The molecule has 1 aliphatic rings. The number of nitrogens with one attached hydrogen (secondary N) is 2. The molecule has 0 atom stereocenters. The molecule has 0 spiro atoms.